The molecule has 2 N–H and O–H groups in total. The third kappa shape index (κ3) is 4.59. The van der Waals surface area contributed by atoms with E-state index < -0.39 is 11.8 Å². The van der Waals surface area contributed by atoms with Gasteiger partial charge in [0.2, 0.25) is 5.91 Å². The van der Waals surface area contributed by atoms with Crippen LogP contribution in [-0.2, 0) is 9.59 Å². The molecule has 0 heterocycles. The van der Waals surface area contributed by atoms with Crippen LogP contribution in [0.5, 0.6) is 0 Å². The molecule has 1 rings (SSSR count). The van der Waals surface area contributed by atoms with Gasteiger partial charge in [-0.1, -0.05) is 19.1 Å². The number of nitrogens with one attached hydrogen (secondary N) is 1. The molecule has 0 saturated heterocycles. The summed E-state index contributed by atoms with van der Waals surface area (Å²) in [4.78, 5) is 23.7. The highest BCUT2D eigenvalue weighted by atomic mass is 19.1. The van der Waals surface area contributed by atoms with Crippen LogP contribution in [0.25, 0.3) is 6.08 Å². The van der Waals surface area contributed by atoms with E-state index in [0.717, 1.165) is 6.08 Å². The molecule has 5 nitrogen and oxygen atoms in total. The largest absolute Gasteiger partial charge is 0.478 e. The molecule has 0 spiro atoms. The van der Waals surface area contributed by atoms with E-state index in [1.807, 2.05) is 0 Å². The second-order valence-corrected chi connectivity index (χ2v) is 4.75. The summed E-state index contributed by atoms with van der Waals surface area (Å²) in [7, 11) is 3.21. The molecule has 1 amide bonds. The van der Waals surface area contributed by atoms with Crippen molar-refractivity contribution in [3.8, 4) is 0 Å². The number of aliphatic carboxylic acids is 1. The van der Waals surface area contributed by atoms with Crippen LogP contribution in [0.15, 0.2) is 24.3 Å². The molecule has 114 valence electrons. The van der Waals surface area contributed by atoms with Gasteiger partial charge in [-0.2, -0.15) is 0 Å². The molecule has 0 saturated carbocycles. The first kappa shape index (κ1) is 16.7. The minimum atomic E-state index is -1.11. The minimum Gasteiger partial charge on any atom is -0.478 e. The van der Waals surface area contributed by atoms with Gasteiger partial charge in [-0.05, 0) is 12.1 Å². The average Bonchev–Trinajstić information content (AvgIpc) is 2.43. The number of hydrogen-bond acceptors (Lipinski definition) is 3. The summed E-state index contributed by atoms with van der Waals surface area (Å²) < 4.78 is 14.0. The van der Waals surface area contributed by atoms with Gasteiger partial charge < -0.3 is 15.3 Å². The second-order valence-electron chi connectivity index (χ2n) is 4.75. The number of nitrogens with zero attached hydrogens (tertiary/aromatic N) is 1. The highest BCUT2D eigenvalue weighted by Crippen LogP contribution is 2.25. The summed E-state index contributed by atoms with van der Waals surface area (Å²) in [6, 6.07) is 4.43. The van der Waals surface area contributed by atoms with Crippen molar-refractivity contribution in [2.24, 2.45) is 5.92 Å². The van der Waals surface area contributed by atoms with Gasteiger partial charge in [0, 0.05) is 32.3 Å². The molecule has 1 aromatic carbocycles. The summed E-state index contributed by atoms with van der Waals surface area (Å²) in [6.45, 7) is 2.05. The molecule has 0 fully saturated rings. The van der Waals surface area contributed by atoms with Crippen LogP contribution in [0.3, 0.4) is 0 Å². The van der Waals surface area contributed by atoms with Gasteiger partial charge in [-0.3, -0.25) is 4.79 Å². The van der Waals surface area contributed by atoms with Crippen LogP contribution < -0.4 is 10.2 Å². The Morgan fingerprint density at radius 1 is 1.48 bits per heavy atom. The van der Waals surface area contributed by atoms with Gasteiger partial charge in [0.05, 0.1) is 11.6 Å². The first-order valence-electron chi connectivity index (χ1n) is 6.49. The molecule has 0 radical (unpaired) electrons. The first-order chi connectivity index (χ1) is 9.86. The summed E-state index contributed by atoms with van der Waals surface area (Å²) in [5.41, 5.74) is 0.717. The van der Waals surface area contributed by atoms with Crippen LogP contribution >= 0.6 is 0 Å². The van der Waals surface area contributed by atoms with E-state index in [4.69, 9.17) is 5.11 Å². The Bertz CT molecular complexity index is 558. The molecule has 21 heavy (non-hydrogen) atoms. The number of amides is 1. The fourth-order valence-corrected chi connectivity index (χ4v) is 2.06. The number of hydrogen-bond donors (Lipinski definition) is 2. The van der Waals surface area contributed by atoms with E-state index in [2.05, 4.69) is 5.32 Å². The lowest BCUT2D eigenvalue weighted by atomic mass is 10.1. The second kappa shape index (κ2) is 7.42. The molecule has 0 aromatic heterocycles. The van der Waals surface area contributed by atoms with Crippen LogP contribution in [0.2, 0.25) is 0 Å². The van der Waals surface area contributed by atoms with Crippen molar-refractivity contribution in [3.63, 3.8) is 0 Å². The Morgan fingerprint density at radius 2 is 2.14 bits per heavy atom. The van der Waals surface area contributed by atoms with Gasteiger partial charge >= 0.3 is 5.97 Å². The normalized spacial score (nSPS) is 12.2. The number of benzene rings is 1. The Hall–Kier alpha value is -2.37. The molecular formula is C15H19FN2O3. The molecule has 0 bridgehead atoms. The zero-order chi connectivity index (χ0) is 16.0. The number of carboxylic acid groups (broad SMARTS) is 1. The number of carbonyl (C=O) groups is 2. The quantitative estimate of drug-likeness (QED) is 0.784. The van der Waals surface area contributed by atoms with Crippen LogP contribution in [0.4, 0.5) is 10.1 Å². The number of carboxylic acids is 1. The lowest BCUT2D eigenvalue weighted by Gasteiger charge is -2.24. The van der Waals surface area contributed by atoms with E-state index in [9.17, 15) is 14.0 Å². The van der Waals surface area contributed by atoms with Crippen molar-refractivity contribution in [1.82, 2.24) is 5.32 Å². The average molecular weight is 294 g/mol. The zero-order valence-corrected chi connectivity index (χ0v) is 12.3. The van der Waals surface area contributed by atoms with Crippen molar-refractivity contribution in [2.45, 2.75) is 6.92 Å². The minimum absolute atomic E-state index is 0.138. The standard InChI is InChI=1S/C15H19FN2O3/c1-10(15(21)17-2)9-18(3)14-11(7-8-13(19)20)5-4-6-12(14)16/h4-8,10H,9H2,1-3H3,(H,17,21)(H,19,20)/b8-7+. The third-order valence-corrected chi connectivity index (χ3v) is 3.05. The van der Waals surface area contributed by atoms with Crippen molar-refractivity contribution in [1.29, 1.82) is 0 Å². The van der Waals surface area contributed by atoms with E-state index in [1.54, 1.807) is 32.0 Å². The monoisotopic (exact) mass is 294 g/mol. The lowest BCUT2D eigenvalue weighted by Crippen LogP contribution is -2.35. The number of carbonyl (C=O) groups excluding carboxylic acids is 1. The molecule has 0 aliphatic heterocycles. The number of para-hydroxylation sites is 1. The van der Waals surface area contributed by atoms with Crippen LogP contribution in [0.1, 0.15) is 12.5 Å². The maximum absolute atomic E-state index is 14.0. The molecule has 1 aromatic rings. The molecule has 0 aliphatic carbocycles. The van der Waals surface area contributed by atoms with Crippen molar-refractivity contribution in [2.75, 3.05) is 25.5 Å². The number of anilines is 1. The topological polar surface area (TPSA) is 69.6 Å². The van der Waals surface area contributed by atoms with Gasteiger partial charge in [-0.25, -0.2) is 9.18 Å². The maximum atomic E-state index is 14.0. The highest BCUT2D eigenvalue weighted by molar-refractivity contribution is 5.87. The maximum Gasteiger partial charge on any atom is 0.328 e. The van der Waals surface area contributed by atoms with Crippen molar-refractivity contribution < 1.29 is 19.1 Å². The molecular weight excluding hydrogens is 275 g/mol. The molecule has 1 atom stereocenters. The predicted molar refractivity (Wildman–Crippen MR) is 79.6 cm³/mol. The Kier molecular flexibility index (Phi) is 5.90. The van der Waals surface area contributed by atoms with Gasteiger partial charge in [0.15, 0.2) is 0 Å². The highest BCUT2D eigenvalue weighted by Gasteiger charge is 2.17. The Labute approximate surface area is 123 Å². The first-order valence-corrected chi connectivity index (χ1v) is 6.49. The Morgan fingerprint density at radius 3 is 2.71 bits per heavy atom. The number of halogens is 1. The van der Waals surface area contributed by atoms with Gasteiger partial charge in [-0.15, -0.1) is 0 Å². The van der Waals surface area contributed by atoms with E-state index >= 15 is 0 Å². The SMILES string of the molecule is CNC(=O)C(C)CN(C)c1c(F)cccc1/C=C/C(=O)O. The summed E-state index contributed by atoms with van der Waals surface area (Å²) in [5, 5.41) is 11.2. The summed E-state index contributed by atoms with van der Waals surface area (Å²) >= 11 is 0. The molecule has 6 heteroatoms. The smallest absolute Gasteiger partial charge is 0.328 e. The molecule has 1 unspecified atom stereocenters. The van der Waals surface area contributed by atoms with Crippen molar-refractivity contribution >= 4 is 23.6 Å². The van der Waals surface area contributed by atoms with Gasteiger partial charge in [0.25, 0.3) is 0 Å². The number of rotatable bonds is 6. The Balaban J connectivity index is 3.05. The van der Waals surface area contributed by atoms with E-state index in [1.165, 1.54) is 18.2 Å². The summed E-state index contributed by atoms with van der Waals surface area (Å²) in [6.07, 6.45) is 2.29. The van der Waals surface area contributed by atoms with Crippen LogP contribution in [-0.4, -0.2) is 37.6 Å². The fourth-order valence-electron chi connectivity index (χ4n) is 2.06. The third-order valence-electron chi connectivity index (χ3n) is 3.05. The zero-order valence-electron chi connectivity index (χ0n) is 12.3. The van der Waals surface area contributed by atoms with E-state index in [-0.39, 0.29) is 17.5 Å². The molecule has 0 aliphatic rings. The summed E-state index contributed by atoms with van der Waals surface area (Å²) in [5.74, 6) is -2.03. The lowest BCUT2D eigenvalue weighted by molar-refractivity contribution is -0.131. The predicted octanol–water partition coefficient (Wildman–Crippen LogP) is 1.74. The van der Waals surface area contributed by atoms with E-state index in [0.29, 0.717) is 12.1 Å². The van der Waals surface area contributed by atoms with Gasteiger partial charge in [0.1, 0.15) is 5.82 Å². The fraction of sp³-hybridized carbons (Fsp3) is 0.333. The van der Waals surface area contributed by atoms with Crippen molar-refractivity contribution in [3.05, 3.63) is 35.7 Å². The van der Waals surface area contributed by atoms with Crippen LogP contribution in [0, 0.1) is 11.7 Å².